The summed E-state index contributed by atoms with van der Waals surface area (Å²) in [7, 11) is 0. The number of nitrogens with one attached hydrogen (secondary N) is 1. The third kappa shape index (κ3) is 4.51. The van der Waals surface area contributed by atoms with E-state index in [1.54, 1.807) is 0 Å². The second kappa shape index (κ2) is 8.01. The molecule has 2 fully saturated rings. The number of likely N-dealkylation sites (tertiary alicyclic amines) is 1. The fraction of sp³-hybridized carbons (Fsp3) is 0.556. The largest absolute Gasteiger partial charge is 0.356 e. The lowest BCUT2D eigenvalue weighted by Crippen LogP contribution is -2.54. The van der Waals surface area contributed by atoms with Gasteiger partial charge in [0.15, 0.2) is 0 Å². The van der Waals surface area contributed by atoms with Crippen molar-refractivity contribution in [1.29, 1.82) is 0 Å². The Bertz CT molecular complexity index is 692. The Kier molecular flexibility index (Phi) is 5.53. The van der Waals surface area contributed by atoms with Crippen LogP contribution in [0.1, 0.15) is 30.6 Å². The highest BCUT2D eigenvalue weighted by Crippen LogP contribution is 2.24. The minimum atomic E-state index is 0.447. The maximum atomic E-state index is 4.75. The number of halogens is 1. The van der Waals surface area contributed by atoms with Crippen LogP contribution in [-0.2, 0) is 6.54 Å². The molecule has 0 amide bonds. The molecule has 25 heavy (non-hydrogen) atoms. The molecule has 0 aliphatic carbocycles. The molecule has 134 valence electrons. The predicted molar refractivity (Wildman–Crippen MR) is 107 cm³/mol. The maximum absolute atomic E-state index is 4.75. The number of nitrogens with zero attached hydrogens (tertiary/aromatic N) is 4. The Labute approximate surface area is 161 Å². The Morgan fingerprint density at radius 2 is 2.00 bits per heavy atom. The van der Waals surface area contributed by atoms with Gasteiger partial charge in [0, 0.05) is 53.7 Å². The molecular formula is C18H24BrN5S. The molecule has 0 atom stereocenters. The van der Waals surface area contributed by atoms with E-state index in [4.69, 9.17) is 4.98 Å². The highest BCUT2D eigenvalue weighted by Gasteiger charge is 2.27. The van der Waals surface area contributed by atoms with Gasteiger partial charge in [-0.3, -0.25) is 4.90 Å². The van der Waals surface area contributed by atoms with Gasteiger partial charge < -0.3 is 10.2 Å². The van der Waals surface area contributed by atoms with Crippen LogP contribution in [0.25, 0.3) is 0 Å². The molecule has 2 aromatic heterocycles. The minimum absolute atomic E-state index is 0.447. The average molecular weight is 422 g/mol. The molecule has 5 nitrogen and oxygen atoms in total. The van der Waals surface area contributed by atoms with Crippen LogP contribution in [0.4, 0.5) is 11.8 Å². The monoisotopic (exact) mass is 421 g/mol. The van der Waals surface area contributed by atoms with Crippen molar-refractivity contribution >= 4 is 39.0 Å². The lowest BCUT2D eigenvalue weighted by molar-refractivity contribution is 0.154. The van der Waals surface area contributed by atoms with Gasteiger partial charge in [-0.25, -0.2) is 4.98 Å². The normalized spacial score (nSPS) is 19.5. The summed E-state index contributed by atoms with van der Waals surface area (Å²) in [6, 6.07) is 4.69. The van der Waals surface area contributed by atoms with Gasteiger partial charge >= 0.3 is 0 Å². The molecule has 2 saturated heterocycles. The van der Waals surface area contributed by atoms with Crippen LogP contribution >= 0.6 is 27.3 Å². The zero-order valence-corrected chi connectivity index (χ0v) is 16.7. The smallest absolute Gasteiger partial charge is 0.224 e. The molecule has 0 bridgehead atoms. The van der Waals surface area contributed by atoms with Crippen LogP contribution in [0.5, 0.6) is 0 Å². The van der Waals surface area contributed by atoms with Gasteiger partial charge in [0.1, 0.15) is 5.82 Å². The highest BCUT2D eigenvalue weighted by molar-refractivity contribution is 9.10. The number of anilines is 2. The van der Waals surface area contributed by atoms with E-state index in [1.165, 1.54) is 35.0 Å². The summed E-state index contributed by atoms with van der Waals surface area (Å²) in [5.41, 5.74) is 0. The van der Waals surface area contributed by atoms with Gasteiger partial charge in [-0.1, -0.05) is 12.8 Å². The summed E-state index contributed by atoms with van der Waals surface area (Å²) in [6.07, 6.45) is 7.10. The Morgan fingerprint density at radius 3 is 2.72 bits per heavy atom. The summed E-state index contributed by atoms with van der Waals surface area (Å²) < 4.78 is 1.18. The van der Waals surface area contributed by atoms with E-state index in [9.17, 15) is 0 Å². The van der Waals surface area contributed by atoms with E-state index in [0.29, 0.717) is 6.04 Å². The lowest BCUT2D eigenvalue weighted by atomic mass is 10.1. The lowest BCUT2D eigenvalue weighted by Gasteiger charge is -2.39. The molecular weight excluding hydrogens is 398 g/mol. The number of rotatable bonds is 5. The molecule has 2 aliphatic rings. The van der Waals surface area contributed by atoms with Gasteiger partial charge in [-0.15, -0.1) is 11.3 Å². The van der Waals surface area contributed by atoms with Gasteiger partial charge in [0.05, 0.1) is 6.04 Å². The van der Waals surface area contributed by atoms with Crippen molar-refractivity contribution in [3.05, 3.63) is 33.1 Å². The summed E-state index contributed by atoms with van der Waals surface area (Å²) >= 11 is 5.33. The predicted octanol–water partition coefficient (Wildman–Crippen LogP) is 3.98. The topological polar surface area (TPSA) is 44.3 Å². The fourth-order valence-corrected chi connectivity index (χ4v) is 5.02. The van der Waals surface area contributed by atoms with Crippen molar-refractivity contribution in [3.63, 3.8) is 0 Å². The number of aromatic nitrogens is 2. The van der Waals surface area contributed by atoms with Crippen molar-refractivity contribution < 1.29 is 0 Å². The van der Waals surface area contributed by atoms with Crippen LogP contribution in [0.15, 0.2) is 28.2 Å². The minimum Gasteiger partial charge on any atom is -0.356 e. The fourth-order valence-electron chi connectivity index (χ4n) is 3.52. The number of hydrogen-bond acceptors (Lipinski definition) is 6. The zero-order chi connectivity index (χ0) is 17.1. The Balaban J connectivity index is 1.29. The zero-order valence-electron chi connectivity index (χ0n) is 14.3. The molecule has 0 spiro atoms. The summed E-state index contributed by atoms with van der Waals surface area (Å²) in [4.78, 5) is 15.4. The first kappa shape index (κ1) is 17.2. The van der Waals surface area contributed by atoms with Crippen LogP contribution in [-0.4, -0.2) is 47.1 Å². The van der Waals surface area contributed by atoms with E-state index in [1.807, 2.05) is 23.6 Å². The summed E-state index contributed by atoms with van der Waals surface area (Å²) in [5, 5.41) is 5.64. The SMILES string of the molecule is Brc1csc(CN2CC(Nc3nccc(N4CCCCCC4)n3)C2)c1. The molecule has 4 rings (SSSR count). The third-order valence-electron chi connectivity index (χ3n) is 4.86. The van der Waals surface area contributed by atoms with E-state index in [0.717, 1.165) is 44.5 Å². The standard InChI is InChI=1S/C18H24BrN5S/c19-14-9-16(25-13-14)12-23-10-15(11-23)21-18-20-6-5-17(22-18)24-7-3-1-2-4-8-24/h5-6,9,13,15H,1-4,7-8,10-12H2,(H,20,21,22). The summed E-state index contributed by atoms with van der Waals surface area (Å²) in [5.74, 6) is 1.84. The first-order valence-electron chi connectivity index (χ1n) is 9.06. The molecule has 2 aliphatic heterocycles. The Hall–Kier alpha value is -1.18. The van der Waals surface area contributed by atoms with Gasteiger partial charge in [0.25, 0.3) is 0 Å². The van der Waals surface area contributed by atoms with Crippen molar-refractivity contribution in [2.45, 2.75) is 38.3 Å². The highest BCUT2D eigenvalue weighted by atomic mass is 79.9. The van der Waals surface area contributed by atoms with Crippen molar-refractivity contribution in [2.75, 3.05) is 36.4 Å². The maximum Gasteiger partial charge on any atom is 0.224 e. The molecule has 2 aromatic rings. The second-order valence-electron chi connectivity index (χ2n) is 6.91. The van der Waals surface area contributed by atoms with Gasteiger partial charge in [-0.05, 0) is 40.9 Å². The van der Waals surface area contributed by atoms with E-state index in [2.05, 4.69) is 47.5 Å². The first-order valence-corrected chi connectivity index (χ1v) is 10.7. The third-order valence-corrected chi connectivity index (χ3v) is 6.54. The van der Waals surface area contributed by atoms with E-state index < -0.39 is 0 Å². The number of thiophene rings is 1. The van der Waals surface area contributed by atoms with Crippen LogP contribution < -0.4 is 10.2 Å². The van der Waals surface area contributed by atoms with Gasteiger partial charge in [-0.2, -0.15) is 4.98 Å². The molecule has 0 saturated carbocycles. The first-order chi connectivity index (χ1) is 12.3. The van der Waals surface area contributed by atoms with Crippen LogP contribution in [0.2, 0.25) is 0 Å². The molecule has 0 aromatic carbocycles. The second-order valence-corrected chi connectivity index (χ2v) is 8.82. The molecule has 0 unspecified atom stereocenters. The molecule has 0 radical (unpaired) electrons. The van der Waals surface area contributed by atoms with Crippen molar-refractivity contribution in [1.82, 2.24) is 14.9 Å². The van der Waals surface area contributed by atoms with E-state index in [-0.39, 0.29) is 0 Å². The van der Waals surface area contributed by atoms with Crippen LogP contribution in [0, 0.1) is 0 Å². The average Bonchev–Trinajstić information content (AvgIpc) is 2.83. The van der Waals surface area contributed by atoms with Crippen LogP contribution in [0.3, 0.4) is 0 Å². The van der Waals surface area contributed by atoms with Crippen molar-refractivity contribution in [2.24, 2.45) is 0 Å². The van der Waals surface area contributed by atoms with E-state index >= 15 is 0 Å². The number of hydrogen-bond donors (Lipinski definition) is 1. The molecule has 4 heterocycles. The van der Waals surface area contributed by atoms with Crippen molar-refractivity contribution in [3.8, 4) is 0 Å². The van der Waals surface area contributed by atoms with Gasteiger partial charge in [0.2, 0.25) is 5.95 Å². The molecule has 1 N–H and O–H groups in total. The quantitative estimate of drug-likeness (QED) is 0.790. The molecule has 7 heteroatoms. The Morgan fingerprint density at radius 1 is 1.20 bits per heavy atom. The summed E-state index contributed by atoms with van der Waals surface area (Å²) in [6.45, 7) is 5.36.